The van der Waals surface area contributed by atoms with E-state index in [-0.39, 0.29) is 5.91 Å². The monoisotopic (exact) mass is 325 g/mol. The molecule has 2 aromatic rings. The molecule has 0 saturated carbocycles. The highest BCUT2D eigenvalue weighted by molar-refractivity contribution is 6.00. The van der Waals surface area contributed by atoms with E-state index in [0.717, 1.165) is 46.8 Å². The molecule has 2 aliphatic rings. The van der Waals surface area contributed by atoms with E-state index in [4.69, 9.17) is 14.2 Å². The minimum Gasteiger partial charge on any atom is -0.497 e. The van der Waals surface area contributed by atoms with Crippen molar-refractivity contribution in [2.45, 2.75) is 19.4 Å². The quantitative estimate of drug-likeness (QED) is 0.938. The number of ether oxygens (including phenoxy) is 3. The lowest BCUT2D eigenvalue weighted by Gasteiger charge is -2.13. The summed E-state index contributed by atoms with van der Waals surface area (Å²) < 4.78 is 16.5. The average Bonchev–Trinajstić information content (AvgIpc) is 3.26. The van der Waals surface area contributed by atoms with Gasteiger partial charge in [0.05, 0.1) is 25.9 Å². The molecule has 124 valence electrons. The van der Waals surface area contributed by atoms with Crippen LogP contribution in [0.2, 0.25) is 0 Å². The topological polar surface area (TPSA) is 56.8 Å². The first-order valence-corrected chi connectivity index (χ1v) is 8.12. The Morgan fingerprint density at radius 2 is 1.96 bits per heavy atom. The van der Waals surface area contributed by atoms with Crippen LogP contribution in [0.1, 0.15) is 27.0 Å². The maximum Gasteiger partial charge on any atom is 0.255 e. The molecule has 0 saturated heterocycles. The SMILES string of the molecule is COc1ccc(CNC(=O)c2c3c(cc4c2OCC4)OCC3)cc1. The molecule has 24 heavy (non-hydrogen) atoms. The number of benzene rings is 2. The van der Waals surface area contributed by atoms with E-state index >= 15 is 0 Å². The normalized spacial score (nSPS) is 14.4. The lowest BCUT2D eigenvalue weighted by Crippen LogP contribution is -2.24. The number of carbonyl (C=O) groups excluding carboxylic acids is 1. The Morgan fingerprint density at radius 3 is 2.75 bits per heavy atom. The first kappa shape index (κ1) is 14.9. The zero-order chi connectivity index (χ0) is 16.5. The number of carbonyl (C=O) groups is 1. The maximum atomic E-state index is 12.8. The van der Waals surface area contributed by atoms with E-state index < -0.39 is 0 Å². The zero-order valence-electron chi connectivity index (χ0n) is 13.6. The number of nitrogens with one attached hydrogen (secondary N) is 1. The van der Waals surface area contributed by atoms with Crippen molar-refractivity contribution in [1.82, 2.24) is 5.32 Å². The van der Waals surface area contributed by atoms with Crippen LogP contribution in [0.25, 0.3) is 0 Å². The van der Waals surface area contributed by atoms with Gasteiger partial charge >= 0.3 is 0 Å². The second-order valence-electron chi connectivity index (χ2n) is 5.94. The molecule has 0 aromatic heterocycles. The second kappa shape index (κ2) is 6.07. The van der Waals surface area contributed by atoms with Gasteiger partial charge in [-0.25, -0.2) is 0 Å². The van der Waals surface area contributed by atoms with Crippen molar-refractivity contribution in [3.8, 4) is 17.2 Å². The third-order valence-electron chi connectivity index (χ3n) is 4.49. The number of fused-ring (bicyclic) bond motifs is 2. The molecule has 0 unspecified atom stereocenters. The smallest absolute Gasteiger partial charge is 0.255 e. The minimum atomic E-state index is -0.105. The van der Waals surface area contributed by atoms with E-state index in [1.807, 2.05) is 30.3 Å². The van der Waals surface area contributed by atoms with Gasteiger partial charge in [0.15, 0.2) is 0 Å². The van der Waals surface area contributed by atoms with Crippen LogP contribution in [0.3, 0.4) is 0 Å². The molecule has 5 nitrogen and oxygen atoms in total. The van der Waals surface area contributed by atoms with E-state index in [2.05, 4.69) is 5.32 Å². The summed E-state index contributed by atoms with van der Waals surface area (Å²) in [4.78, 5) is 12.8. The standard InChI is InChI=1S/C19H19NO4/c1-22-14-4-2-12(3-5-14)11-20-19(21)17-15-7-9-23-16(15)10-13-6-8-24-18(13)17/h2-5,10H,6-9,11H2,1H3,(H,20,21). The van der Waals surface area contributed by atoms with Gasteiger partial charge in [0.25, 0.3) is 5.91 Å². The Hall–Kier alpha value is -2.69. The molecule has 0 aliphatic carbocycles. The van der Waals surface area contributed by atoms with E-state index in [0.29, 0.717) is 25.3 Å². The molecule has 0 spiro atoms. The summed E-state index contributed by atoms with van der Waals surface area (Å²) in [6, 6.07) is 9.68. The Kier molecular flexibility index (Phi) is 3.76. The van der Waals surface area contributed by atoms with Gasteiger partial charge in [0.2, 0.25) is 0 Å². The summed E-state index contributed by atoms with van der Waals surface area (Å²) in [5, 5.41) is 3.00. The van der Waals surface area contributed by atoms with Gasteiger partial charge in [0.1, 0.15) is 17.2 Å². The van der Waals surface area contributed by atoms with Gasteiger partial charge in [0, 0.05) is 30.5 Å². The van der Waals surface area contributed by atoms with Gasteiger partial charge in [-0.05, 0) is 23.8 Å². The van der Waals surface area contributed by atoms with Gasteiger partial charge < -0.3 is 19.5 Å². The van der Waals surface area contributed by atoms with Crippen molar-refractivity contribution in [2.24, 2.45) is 0 Å². The van der Waals surface area contributed by atoms with E-state index in [1.54, 1.807) is 7.11 Å². The third kappa shape index (κ3) is 2.56. The lowest BCUT2D eigenvalue weighted by molar-refractivity contribution is 0.0947. The molecule has 0 atom stereocenters. The van der Waals surface area contributed by atoms with Crippen LogP contribution in [0, 0.1) is 0 Å². The van der Waals surface area contributed by atoms with Crippen molar-refractivity contribution in [1.29, 1.82) is 0 Å². The van der Waals surface area contributed by atoms with Gasteiger partial charge in [-0.15, -0.1) is 0 Å². The van der Waals surface area contributed by atoms with Gasteiger partial charge in [-0.3, -0.25) is 4.79 Å². The molecule has 2 aliphatic heterocycles. The summed E-state index contributed by atoms with van der Waals surface area (Å²) in [7, 11) is 1.63. The van der Waals surface area contributed by atoms with Crippen molar-refractivity contribution in [3.63, 3.8) is 0 Å². The largest absolute Gasteiger partial charge is 0.497 e. The highest BCUT2D eigenvalue weighted by Gasteiger charge is 2.30. The lowest BCUT2D eigenvalue weighted by atomic mass is 9.99. The van der Waals surface area contributed by atoms with Crippen LogP contribution in [0.5, 0.6) is 17.2 Å². The highest BCUT2D eigenvalue weighted by atomic mass is 16.5. The molecule has 1 amide bonds. The van der Waals surface area contributed by atoms with Crippen molar-refractivity contribution >= 4 is 5.91 Å². The number of amides is 1. The maximum absolute atomic E-state index is 12.8. The van der Waals surface area contributed by atoms with Crippen LogP contribution < -0.4 is 19.5 Å². The van der Waals surface area contributed by atoms with E-state index in [1.165, 1.54) is 0 Å². The van der Waals surface area contributed by atoms with Gasteiger partial charge in [-0.2, -0.15) is 0 Å². The average molecular weight is 325 g/mol. The minimum absolute atomic E-state index is 0.105. The number of methoxy groups -OCH3 is 1. The first-order chi connectivity index (χ1) is 11.8. The van der Waals surface area contributed by atoms with Crippen LogP contribution in [-0.4, -0.2) is 26.2 Å². The third-order valence-corrected chi connectivity index (χ3v) is 4.49. The fourth-order valence-corrected chi connectivity index (χ4v) is 3.24. The van der Waals surface area contributed by atoms with Crippen LogP contribution in [-0.2, 0) is 19.4 Å². The molecule has 2 aromatic carbocycles. The number of hydrogen-bond donors (Lipinski definition) is 1. The predicted molar refractivity (Wildman–Crippen MR) is 89.0 cm³/mol. The summed E-state index contributed by atoms with van der Waals surface area (Å²) in [6.45, 7) is 1.70. The Balaban J connectivity index is 1.56. The molecular weight excluding hydrogens is 306 g/mol. The fraction of sp³-hybridized carbons (Fsp3) is 0.316. The summed E-state index contributed by atoms with van der Waals surface area (Å²) >= 11 is 0. The fourth-order valence-electron chi connectivity index (χ4n) is 3.24. The molecule has 1 N–H and O–H groups in total. The van der Waals surface area contributed by atoms with Gasteiger partial charge in [-0.1, -0.05) is 12.1 Å². The second-order valence-corrected chi connectivity index (χ2v) is 5.94. The number of rotatable bonds is 4. The van der Waals surface area contributed by atoms with Crippen molar-refractivity contribution < 1.29 is 19.0 Å². The number of hydrogen-bond acceptors (Lipinski definition) is 4. The molecule has 4 rings (SSSR count). The molecule has 0 bridgehead atoms. The summed E-state index contributed by atoms with van der Waals surface area (Å²) in [6.07, 6.45) is 1.57. The highest BCUT2D eigenvalue weighted by Crippen LogP contribution is 2.40. The molecular formula is C19H19NO4. The van der Waals surface area contributed by atoms with Crippen molar-refractivity contribution in [3.05, 3.63) is 52.6 Å². The molecule has 5 heteroatoms. The van der Waals surface area contributed by atoms with Crippen molar-refractivity contribution in [2.75, 3.05) is 20.3 Å². The zero-order valence-corrected chi connectivity index (χ0v) is 13.6. The molecule has 0 radical (unpaired) electrons. The first-order valence-electron chi connectivity index (χ1n) is 8.12. The Bertz CT molecular complexity index is 751. The van der Waals surface area contributed by atoms with E-state index in [9.17, 15) is 4.79 Å². The van der Waals surface area contributed by atoms with Crippen LogP contribution in [0.15, 0.2) is 30.3 Å². The Morgan fingerprint density at radius 1 is 1.17 bits per heavy atom. The molecule has 0 fully saturated rings. The summed E-state index contributed by atoms with van der Waals surface area (Å²) in [5.41, 5.74) is 3.68. The van der Waals surface area contributed by atoms with Crippen LogP contribution in [0.4, 0.5) is 0 Å². The molecule has 2 heterocycles. The Labute approximate surface area is 140 Å². The van der Waals surface area contributed by atoms with Crippen LogP contribution >= 0.6 is 0 Å². The summed E-state index contributed by atoms with van der Waals surface area (Å²) in [5.74, 6) is 2.25. The predicted octanol–water partition coefficient (Wildman–Crippen LogP) is 2.50.